The van der Waals surface area contributed by atoms with Gasteiger partial charge in [-0.1, -0.05) is 0 Å². The van der Waals surface area contributed by atoms with E-state index in [9.17, 15) is 22.0 Å². The zero-order valence-electron chi connectivity index (χ0n) is 10.9. The van der Waals surface area contributed by atoms with Gasteiger partial charge in [-0.3, -0.25) is 0 Å². The molecule has 0 aromatic heterocycles. The Morgan fingerprint density at radius 3 is 2.62 bits per heavy atom. The summed E-state index contributed by atoms with van der Waals surface area (Å²) in [5.74, 6) is -4.67. The minimum absolute atomic E-state index is 0.0460. The normalized spacial score (nSPS) is 19.9. The number of carbonyl (C=O) groups is 1. The quantitative estimate of drug-likeness (QED) is 0.847. The summed E-state index contributed by atoms with van der Waals surface area (Å²) in [6, 6.07) is 1.08. The molecule has 9 heteroatoms. The third-order valence-electron chi connectivity index (χ3n) is 3.44. The van der Waals surface area contributed by atoms with Gasteiger partial charge in [-0.2, -0.15) is 4.31 Å². The second-order valence-corrected chi connectivity index (χ2v) is 6.74. The first-order valence-corrected chi connectivity index (χ1v) is 7.64. The van der Waals surface area contributed by atoms with Gasteiger partial charge in [0.1, 0.15) is 4.90 Å². The molecular weight excluding hydrogens is 306 g/mol. The van der Waals surface area contributed by atoms with Crippen LogP contribution in [-0.2, 0) is 10.0 Å². The summed E-state index contributed by atoms with van der Waals surface area (Å²) < 4.78 is 52.8. The van der Waals surface area contributed by atoms with E-state index in [2.05, 4.69) is 0 Å². The Balaban J connectivity index is 2.47. The van der Waals surface area contributed by atoms with Crippen molar-refractivity contribution in [2.75, 3.05) is 19.6 Å². The van der Waals surface area contributed by atoms with Crippen LogP contribution in [0.15, 0.2) is 17.0 Å². The van der Waals surface area contributed by atoms with E-state index in [4.69, 9.17) is 10.8 Å². The number of halogens is 2. The van der Waals surface area contributed by atoms with E-state index >= 15 is 0 Å². The fourth-order valence-electron chi connectivity index (χ4n) is 2.22. The molecule has 0 aliphatic carbocycles. The average molecular weight is 320 g/mol. The van der Waals surface area contributed by atoms with Gasteiger partial charge in [0.25, 0.3) is 0 Å². The lowest BCUT2D eigenvalue weighted by atomic mass is 10.1. The predicted octanol–water partition coefficient (Wildman–Crippen LogP) is 0.632. The van der Waals surface area contributed by atoms with E-state index in [-0.39, 0.29) is 25.6 Å². The summed E-state index contributed by atoms with van der Waals surface area (Å²) in [5.41, 5.74) is 4.84. The topological polar surface area (TPSA) is 101 Å². The van der Waals surface area contributed by atoms with Crippen LogP contribution in [0.25, 0.3) is 0 Å². The first kappa shape index (κ1) is 15.8. The Morgan fingerprint density at radius 1 is 1.43 bits per heavy atom. The number of hydrogen-bond donors (Lipinski definition) is 2. The number of carboxylic acid groups (broad SMARTS) is 1. The maximum Gasteiger partial charge on any atom is 0.335 e. The molecular formula is C12H14F2N2O4S. The molecule has 1 atom stereocenters. The number of benzene rings is 1. The molecule has 0 saturated carbocycles. The van der Waals surface area contributed by atoms with E-state index in [0.717, 1.165) is 4.31 Å². The minimum Gasteiger partial charge on any atom is -0.478 e. The number of sulfonamides is 1. The number of carboxylic acids is 1. The second-order valence-electron chi connectivity index (χ2n) is 4.83. The van der Waals surface area contributed by atoms with Crippen LogP contribution in [0.5, 0.6) is 0 Å². The van der Waals surface area contributed by atoms with E-state index in [0.29, 0.717) is 18.6 Å². The standard InChI is InChI=1S/C12H14F2N2O4S/c13-9-3-8(12(17)18)4-10(11(9)14)21(19,20)16-2-1-7(5-15)6-16/h3-4,7H,1-2,5-6,15H2,(H,17,18). The molecule has 1 fully saturated rings. The van der Waals surface area contributed by atoms with Crippen molar-refractivity contribution >= 4 is 16.0 Å². The minimum atomic E-state index is -4.29. The van der Waals surface area contributed by atoms with Crippen molar-refractivity contribution in [3.63, 3.8) is 0 Å². The van der Waals surface area contributed by atoms with Crippen LogP contribution in [0.4, 0.5) is 8.78 Å². The molecule has 1 unspecified atom stereocenters. The van der Waals surface area contributed by atoms with Gasteiger partial charge in [0.2, 0.25) is 10.0 Å². The Bertz CT molecular complexity index is 678. The highest BCUT2D eigenvalue weighted by atomic mass is 32.2. The summed E-state index contributed by atoms with van der Waals surface area (Å²) in [4.78, 5) is 9.89. The molecule has 2 rings (SSSR count). The number of aromatic carboxylic acids is 1. The maximum atomic E-state index is 13.8. The van der Waals surface area contributed by atoms with Gasteiger partial charge in [-0.05, 0) is 31.0 Å². The van der Waals surface area contributed by atoms with Crippen LogP contribution in [0, 0.1) is 17.6 Å². The fourth-order valence-corrected chi connectivity index (χ4v) is 3.85. The maximum absolute atomic E-state index is 13.8. The molecule has 0 bridgehead atoms. The summed E-state index contributed by atoms with van der Waals surface area (Å²) in [6.45, 7) is 0.539. The lowest BCUT2D eigenvalue weighted by Gasteiger charge is -2.17. The van der Waals surface area contributed by atoms with Crippen LogP contribution in [0.2, 0.25) is 0 Å². The second kappa shape index (κ2) is 5.66. The Hall–Kier alpha value is -1.58. The van der Waals surface area contributed by atoms with E-state index < -0.39 is 38.1 Å². The van der Waals surface area contributed by atoms with Crippen molar-refractivity contribution in [1.82, 2.24) is 4.31 Å². The summed E-state index contributed by atoms with van der Waals surface area (Å²) in [5, 5.41) is 8.82. The molecule has 1 aliphatic rings. The first-order chi connectivity index (χ1) is 9.77. The van der Waals surface area contributed by atoms with Crippen LogP contribution in [0.1, 0.15) is 16.8 Å². The number of hydrogen-bond acceptors (Lipinski definition) is 4. The van der Waals surface area contributed by atoms with Gasteiger partial charge in [0, 0.05) is 13.1 Å². The largest absolute Gasteiger partial charge is 0.478 e. The smallest absolute Gasteiger partial charge is 0.335 e. The third-order valence-corrected chi connectivity index (χ3v) is 5.31. The molecule has 6 nitrogen and oxygen atoms in total. The van der Waals surface area contributed by atoms with Gasteiger partial charge in [0.05, 0.1) is 5.56 Å². The van der Waals surface area contributed by atoms with Crippen molar-refractivity contribution in [3.05, 3.63) is 29.3 Å². The van der Waals surface area contributed by atoms with Crippen molar-refractivity contribution in [2.45, 2.75) is 11.3 Å². The highest BCUT2D eigenvalue weighted by molar-refractivity contribution is 7.89. The summed E-state index contributed by atoms with van der Waals surface area (Å²) in [7, 11) is -4.29. The molecule has 0 radical (unpaired) electrons. The summed E-state index contributed by atoms with van der Waals surface area (Å²) in [6.07, 6.45) is 0.526. The lowest BCUT2D eigenvalue weighted by molar-refractivity contribution is 0.0696. The zero-order valence-corrected chi connectivity index (χ0v) is 11.7. The van der Waals surface area contributed by atoms with Crippen LogP contribution < -0.4 is 5.73 Å². The van der Waals surface area contributed by atoms with Crippen molar-refractivity contribution < 1.29 is 27.1 Å². The number of nitrogens with zero attached hydrogens (tertiary/aromatic N) is 1. The first-order valence-electron chi connectivity index (χ1n) is 6.20. The molecule has 116 valence electrons. The Labute approximate surface area is 120 Å². The van der Waals surface area contributed by atoms with E-state index in [1.807, 2.05) is 0 Å². The molecule has 1 aromatic carbocycles. The molecule has 1 aliphatic heterocycles. The van der Waals surface area contributed by atoms with Crippen molar-refractivity contribution in [2.24, 2.45) is 11.7 Å². The van der Waals surface area contributed by atoms with E-state index in [1.54, 1.807) is 0 Å². The van der Waals surface area contributed by atoms with Gasteiger partial charge < -0.3 is 10.8 Å². The van der Waals surface area contributed by atoms with Crippen LogP contribution in [0.3, 0.4) is 0 Å². The third kappa shape index (κ3) is 2.89. The molecule has 0 spiro atoms. The van der Waals surface area contributed by atoms with Crippen molar-refractivity contribution in [3.8, 4) is 0 Å². The van der Waals surface area contributed by atoms with Gasteiger partial charge in [0.15, 0.2) is 11.6 Å². The molecule has 1 saturated heterocycles. The van der Waals surface area contributed by atoms with Gasteiger partial charge in [-0.15, -0.1) is 0 Å². The average Bonchev–Trinajstić information content (AvgIpc) is 2.90. The molecule has 0 amide bonds. The Kier molecular flexibility index (Phi) is 4.26. The predicted molar refractivity (Wildman–Crippen MR) is 69.2 cm³/mol. The molecule has 21 heavy (non-hydrogen) atoms. The fraction of sp³-hybridized carbons (Fsp3) is 0.417. The molecule has 3 N–H and O–H groups in total. The summed E-state index contributed by atoms with van der Waals surface area (Å²) >= 11 is 0. The van der Waals surface area contributed by atoms with Crippen molar-refractivity contribution in [1.29, 1.82) is 0 Å². The van der Waals surface area contributed by atoms with E-state index in [1.165, 1.54) is 0 Å². The SMILES string of the molecule is NCC1CCN(S(=O)(=O)c2cc(C(=O)O)cc(F)c2F)C1. The lowest BCUT2D eigenvalue weighted by Crippen LogP contribution is -2.31. The number of rotatable bonds is 4. The van der Waals surface area contributed by atoms with Gasteiger partial charge >= 0.3 is 5.97 Å². The highest BCUT2D eigenvalue weighted by Crippen LogP contribution is 2.27. The molecule has 1 aromatic rings. The number of nitrogens with two attached hydrogens (primary N) is 1. The molecule has 1 heterocycles. The van der Waals surface area contributed by atoms with Crippen LogP contribution in [-0.4, -0.2) is 43.4 Å². The zero-order chi connectivity index (χ0) is 15.8. The Morgan fingerprint density at radius 2 is 2.10 bits per heavy atom. The monoisotopic (exact) mass is 320 g/mol. The van der Waals surface area contributed by atoms with Gasteiger partial charge in [-0.25, -0.2) is 22.0 Å². The van der Waals surface area contributed by atoms with Crippen LogP contribution >= 0.6 is 0 Å². The highest BCUT2D eigenvalue weighted by Gasteiger charge is 2.35.